The van der Waals surface area contributed by atoms with Crippen LogP contribution in [-0.4, -0.2) is 67.4 Å². The molecule has 0 saturated carbocycles. The Morgan fingerprint density at radius 1 is 1.04 bits per heavy atom. The number of para-hydroxylation sites is 1. The highest BCUT2D eigenvalue weighted by molar-refractivity contribution is 5.96. The molecule has 142 valence electrons. The summed E-state index contributed by atoms with van der Waals surface area (Å²) in [5.41, 5.74) is 0.922. The lowest BCUT2D eigenvalue weighted by molar-refractivity contribution is -0.130. The topological polar surface area (TPSA) is 92.1 Å². The van der Waals surface area contributed by atoms with Gasteiger partial charge in [0.15, 0.2) is 5.76 Å². The number of carbonyl (C=O) groups is 3. The number of benzene rings is 1. The molecule has 8 heteroatoms. The van der Waals surface area contributed by atoms with Crippen molar-refractivity contribution in [3.63, 3.8) is 0 Å². The first-order chi connectivity index (χ1) is 13.1. The molecule has 27 heavy (non-hydrogen) atoms. The summed E-state index contributed by atoms with van der Waals surface area (Å²) in [6.07, 6.45) is 1.46. The molecule has 2 heterocycles. The van der Waals surface area contributed by atoms with E-state index < -0.39 is 5.97 Å². The van der Waals surface area contributed by atoms with Gasteiger partial charge in [0.2, 0.25) is 5.91 Å². The van der Waals surface area contributed by atoms with E-state index in [-0.39, 0.29) is 18.4 Å². The molecular formula is C19H21N3O5. The Kier molecular flexibility index (Phi) is 5.75. The van der Waals surface area contributed by atoms with E-state index in [1.54, 1.807) is 46.2 Å². The summed E-state index contributed by atoms with van der Waals surface area (Å²) in [4.78, 5) is 39.8. The lowest BCUT2D eigenvalue weighted by atomic mass is 10.2. The summed E-state index contributed by atoms with van der Waals surface area (Å²) >= 11 is 0. The molecule has 0 unspecified atom stereocenters. The number of hydrogen-bond donors (Lipinski definition) is 1. The summed E-state index contributed by atoms with van der Waals surface area (Å²) in [7, 11) is 1.31. The average Bonchev–Trinajstić information content (AvgIpc) is 3.26. The van der Waals surface area contributed by atoms with Crippen molar-refractivity contribution in [2.45, 2.75) is 0 Å². The molecule has 8 nitrogen and oxygen atoms in total. The second kappa shape index (κ2) is 8.39. The van der Waals surface area contributed by atoms with Crippen molar-refractivity contribution in [3.05, 3.63) is 54.0 Å². The van der Waals surface area contributed by atoms with Crippen molar-refractivity contribution in [3.8, 4) is 0 Å². The van der Waals surface area contributed by atoms with Crippen LogP contribution in [0.15, 0.2) is 47.1 Å². The highest BCUT2D eigenvalue weighted by Crippen LogP contribution is 2.16. The first-order valence-corrected chi connectivity index (χ1v) is 8.62. The summed E-state index contributed by atoms with van der Waals surface area (Å²) in [6.45, 7) is 1.85. The number of piperazine rings is 1. The van der Waals surface area contributed by atoms with Crippen LogP contribution in [0.2, 0.25) is 0 Å². The van der Waals surface area contributed by atoms with Gasteiger partial charge in [-0.1, -0.05) is 12.1 Å². The molecule has 0 spiro atoms. The van der Waals surface area contributed by atoms with Crippen molar-refractivity contribution in [2.75, 3.05) is 45.2 Å². The predicted molar refractivity (Wildman–Crippen MR) is 97.5 cm³/mol. The van der Waals surface area contributed by atoms with E-state index in [0.717, 1.165) is 0 Å². The van der Waals surface area contributed by atoms with Crippen molar-refractivity contribution in [1.29, 1.82) is 0 Å². The van der Waals surface area contributed by atoms with Crippen molar-refractivity contribution >= 4 is 23.5 Å². The molecule has 1 N–H and O–H groups in total. The second-order valence-electron chi connectivity index (χ2n) is 6.04. The Balaban J connectivity index is 1.52. The first-order valence-electron chi connectivity index (χ1n) is 8.62. The van der Waals surface area contributed by atoms with Gasteiger partial charge in [0.25, 0.3) is 5.91 Å². The number of hydrogen-bond acceptors (Lipinski definition) is 6. The van der Waals surface area contributed by atoms with Gasteiger partial charge in [-0.15, -0.1) is 0 Å². The zero-order valence-electron chi connectivity index (χ0n) is 15.0. The van der Waals surface area contributed by atoms with Crippen LogP contribution in [0.4, 0.5) is 5.69 Å². The van der Waals surface area contributed by atoms with Crippen LogP contribution in [-0.2, 0) is 9.53 Å². The van der Waals surface area contributed by atoms with Gasteiger partial charge in [0, 0.05) is 31.9 Å². The number of methoxy groups -OCH3 is 1. The first kappa shape index (κ1) is 18.5. The Labute approximate surface area is 156 Å². The Hall–Kier alpha value is -3.29. The maximum atomic E-state index is 12.5. The normalized spacial score (nSPS) is 14.0. The number of amides is 2. The van der Waals surface area contributed by atoms with Gasteiger partial charge in [-0.25, -0.2) is 4.79 Å². The number of esters is 1. The highest BCUT2D eigenvalue weighted by atomic mass is 16.5. The van der Waals surface area contributed by atoms with Crippen LogP contribution in [0.25, 0.3) is 0 Å². The summed E-state index contributed by atoms with van der Waals surface area (Å²) in [6, 6.07) is 10.2. The van der Waals surface area contributed by atoms with Crippen LogP contribution in [0.3, 0.4) is 0 Å². The monoisotopic (exact) mass is 371 g/mol. The fourth-order valence-electron chi connectivity index (χ4n) is 2.92. The molecule has 1 aromatic heterocycles. The molecule has 2 amide bonds. The molecule has 0 aliphatic carbocycles. The van der Waals surface area contributed by atoms with Gasteiger partial charge in [0.1, 0.15) is 0 Å². The van der Waals surface area contributed by atoms with E-state index >= 15 is 0 Å². The van der Waals surface area contributed by atoms with Gasteiger partial charge in [0.05, 0.1) is 25.5 Å². The summed E-state index contributed by atoms with van der Waals surface area (Å²) in [5, 5.41) is 2.99. The molecule has 2 aromatic rings. The van der Waals surface area contributed by atoms with Crippen LogP contribution >= 0.6 is 0 Å². The lowest BCUT2D eigenvalue weighted by Gasteiger charge is -2.34. The molecule has 0 atom stereocenters. The highest BCUT2D eigenvalue weighted by Gasteiger charge is 2.26. The lowest BCUT2D eigenvalue weighted by Crippen LogP contribution is -2.51. The largest absolute Gasteiger partial charge is 0.465 e. The Morgan fingerprint density at radius 3 is 2.41 bits per heavy atom. The number of anilines is 1. The summed E-state index contributed by atoms with van der Waals surface area (Å²) < 4.78 is 9.88. The smallest absolute Gasteiger partial charge is 0.339 e. The molecule has 1 aliphatic heterocycles. The van der Waals surface area contributed by atoms with Gasteiger partial charge < -0.3 is 24.3 Å². The quantitative estimate of drug-likeness (QED) is 0.800. The van der Waals surface area contributed by atoms with E-state index in [0.29, 0.717) is 43.2 Å². The molecule has 0 bridgehead atoms. The third-order valence-electron chi connectivity index (χ3n) is 4.41. The van der Waals surface area contributed by atoms with Crippen LogP contribution in [0.5, 0.6) is 0 Å². The molecule has 1 saturated heterocycles. The van der Waals surface area contributed by atoms with Gasteiger partial charge >= 0.3 is 5.97 Å². The number of nitrogens with one attached hydrogen (secondary N) is 1. The summed E-state index contributed by atoms with van der Waals surface area (Å²) in [5.74, 6) is -0.427. The Morgan fingerprint density at radius 2 is 1.74 bits per heavy atom. The maximum Gasteiger partial charge on any atom is 0.339 e. The minimum absolute atomic E-state index is 0.0557. The van der Waals surface area contributed by atoms with E-state index in [9.17, 15) is 14.4 Å². The molecule has 3 rings (SSSR count). The van der Waals surface area contributed by atoms with Crippen molar-refractivity contribution in [1.82, 2.24) is 9.80 Å². The fraction of sp³-hybridized carbons (Fsp3) is 0.316. The van der Waals surface area contributed by atoms with E-state index in [1.807, 2.05) is 0 Å². The molecule has 1 fully saturated rings. The zero-order valence-corrected chi connectivity index (χ0v) is 15.0. The Bertz CT molecular complexity index is 811. The average molecular weight is 371 g/mol. The van der Waals surface area contributed by atoms with Crippen LogP contribution in [0, 0.1) is 0 Å². The van der Waals surface area contributed by atoms with Crippen LogP contribution in [0.1, 0.15) is 20.9 Å². The SMILES string of the molecule is COC(=O)c1ccccc1NCC(=O)N1CCN(C(=O)c2ccco2)CC1. The van der Waals surface area contributed by atoms with E-state index in [1.165, 1.54) is 13.4 Å². The van der Waals surface area contributed by atoms with Crippen LogP contribution < -0.4 is 5.32 Å². The molecule has 1 aromatic carbocycles. The number of ether oxygens (including phenoxy) is 1. The van der Waals surface area contributed by atoms with Gasteiger partial charge in [-0.05, 0) is 24.3 Å². The fourth-order valence-corrected chi connectivity index (χ4v) is 2.92. The third kappa shape index (κ3) is 4.28. The van der Waals surface area contributed by atoms with E-state index in [2.05, 4.69) is 5.32 Å². The number of nitrogens with zero attached hydrogens (tertiary/aromatic N) is 2. The standard InChI is InChI=1S/C19H21N3O5/c1-26-19(25)14-5-2-3-6-15(14)20-13-17(23)21-8-10-22(11-9-21)18(24)16-7-4-12-27-16/h2-7,12,20H,8-11,13H2,1H3. The van der Waals surface area contributed by atoms with Gasteiger partial charge in [-0.2, -0.15) is 0 Å². The number of carbonyl (C=O) groups excluding carboxylic acids is 3. The van der Waals surface area contributed by atoms with Crippen molar-refractivity contribution in [2.24, 2.45) is 0 Å². The van der Waals surface area contributed by atoms with E-state index in [4.69, 9.17) is 9.15 Å². The maximum absolute atomic E-state index is 12.5. The minimum atomic E-state index is -0.462. The number of furan rings is 1. The molecule has 1 aliphatic rings. The zero-order chi connectivity index (χ0) is 19.2. The van der Waals surface area contributed by atoms with Crippen molar-refractivity contribution < 1.29 is 23.5 Å². The third-order valence-corrected chi connectivity index (χ3v) is 4.41. The van der Waals surface area contributed by atoms with Gasteiger partial charge in [-0.3, -0.25) is 9.59 Å². The predicted octanol–water partition coefficient (Wildman–Crippen LogP) is 1.46. The molecule has 0 radical (unpaired) electrons. The molecular weight excluding hydrogens is 350 g/mol. The second-order valence-corrected chi connectivity index (χ2v) is 6.04. The number of rotatable bonds is 5. The minimum Gasteiger partial charge on any atom is -0.465 e.